The summed E-state index contributed by atoms with van der Waals surface area (Å²) in [4.78, 5) is 36.7. The molecule has 0 aliphatic rings. The van der Waals surface area contributed by atoms with Crippen LogP contribution < -0.4 is 10.6 Å². The highest BCUT2D eigenvalue weighted by Gasteiger charge is 2.24. The maximum absolute atomic E-state index is 14.1. The zero-order chi connectivity index (χ0) is 23.3. The highest BCUT2D eigenvalue weighted by Crippen LogP contribution is 2.23. The van der Waals surface area contributed by atoms with Gasteiger partial charge in [-0.25, -0.2) is 13.6 Å². The smallest absolute Gasteiger partial charge is 0.340 e. The number of rotatable bonds is 5. The third-order valence-corrected chi connectivity index (χ3v) is 4.74. The molecule has 0 heterocycles. The Labute approximate surface area is 183 Å². The summed E-state index contributed by atoms with van der Waals surface area (Å²) in [5.74, 6) is -5.57. The van der Waals surface area contributed by atoms with Gasteiger partial charge in [0.25, 0.3) is 0 Å². The van der Waals surface area contributed by atoms with Gasteiger partial charge in [-0.3, -0.25) is 9.59 Å². The SMILES string of the molecule is COC(=O)c1cc(NC(=O)C(=O)NC(c2ccccc2)c2ccc(C)cc2)c(F)cc1F. The van der Waals surface area contributed by atoms with Gasteiger partial charge in [0.05, 0.1) is 24.4 Å². The predicted octanol–water partition coefficient (Wildman–Crippen LogP) is 3.90. The van der Waals surface area contributed by atoms with Gasteiger partial charge in [-0.1, -0.05) is 60.2 Å². The lowest BCUT2D eigenvalue weighted by Crippen LogP contribution is -2.38. The molecule has 0 bridgehead atoms. The zero-order valence-corrected chi connectivity index (χ0v) is 17.3. The van der Waals surface area contributed by atoms with Crippen molar-refractivity contribution in [1.82, 2.24) is 5.32 Å². The minimum atomic E-state index is -1.18. The van der Waals surface area contributed by atoms with E-state index in [1.54, 1.807) is 24.3 Å². The van der Waals surface area contributed by atoms with Crippen LogP contribution in [0.3, 0.4) is 0 Å². The first-order valence-electron chi connectivity index (χ1n) is 9.61. The third kappa shape index (κ3) is 5.15. The number of ether oxygens (including phenoxy) is 1. The van der Waals surface area contributed by atoms with Crippen molar-refractivity contribution >= 4 is 23.5 Å². The molecule has 164 valence electrons. The van der Waals surface area contributed by atoms with Gasteiger partial charge in [0.2, 0.25) is 0 Å². The lowest BCUT2D eigenvalue weighted by Gasteiger charge is -2.20. The van der Waals surface area contributed by atoms with Crippen LogP contribution in [0.1, 0.15) is 33.1 Å². The Balaban J connectivity index is 1.83. The highest BCUT2D eigenvalue weighted by atomic mass is 19.1. The predicted molar refractivity (Wildman–Crippen MR) is 114 cm³/mol. The first-order chi connectivity index (χ1) is 15.3. The molecule has 0 radical (unpaired) electrons. The molecular formula is C24H20F2N2O4. The number of hydrogen-bond donors (Lipinski definition) is 2. The second-order valence-electron chi connectivity index (χ2n) is 6.99. The van der Waals surface area contributed by atoms with Crippen molar-refractivity contribution in [3.8, 4) is 0 Å². The molecule has 0 aliphatic carbocycles. The van der Waals surface area contributed by atoms with E-state index in [0.717, 1.165) is 29.9 Å². The summed E-state index contributed by atoms with van der Waals surface area (Å²) in [5, 5.41) is 4.70. The number of aryl methyl sites for hydroxylation is 1. The number of carbonyl (C=O) groups is 3. The number of benzene rings is 3. The van der Waals surface area contributed by atoms with E-state index in [4.69, 9.17) is 0 Å². The highest BCUT2D eigenvalue weighted by molar-refractivity contribution is 6.39. The normalized spacial score (nSPS) is 11.4. The Morgan fingerprint density at radius 2 is 1.47 bits per heavy atom. The molecule has 0 spiro atoms. The maximum Gasteiger partial charge on any atom is 0.340 e. The van der Waals surface area contributed by atoms with Crippen molar-refractivity contribution in [3.63, 3.8) is 0 Å². The van der Waals surface area contributed by atoms with Crippen molar-refractivity contribution in [1.29, 1.82) is 0 Å². The van der Waals surface area contributed by atoms with Gasteiger partial charge in [-0.05, 0) is 24.1 Å². The first kappa shape index (κ1) is 22.6. The van der Waals surface area contributed by atoms with Gasteiger partial charge in [-0.15, -0.1) is 0 Å². The van der Waals surface area contributed by atoms with Crippen molar-refractivity contribution < 1.29 is 27.9 Å². The monoisotopic (exact) mass is 438 g/mol. The molecule has 2 amide bonds. The Bertz CT molecular complexity index is 1150. The number of halogens is 2. The third-order valence-electron chi connectivity index (χ3n) is 4.74. The standard InChI is InChI=1S/C24H20F2N2O4/c1-14-8-10-16(11-9-14)21(15-6-4-3-5-7-15)28-23(30)22(29)27-20-12-17(24(31)32-2)18(25)13-19(20)26/h3-13,21H,1-2H3,(H,27,29)(H,28,30). The van der Waals surface area contributed by atoms with Crippen LogP contribution in [0.5, 0.6) is 0 Å². The number of methoxy groups -OCH3 is 1. The van der Waals surface area contributed by atoms with E-state index in [-0.39, 0.29) is 0 Å². The fourth-order valence-electron chi connectivity index (χ4n) is 3.05. The van der Waals surface area contributed by atoms with Crippen LogP contribution in [-0.4, -0.2) is 24.9 Å². The first-order valence-corrected chi connectivity index (χ1v) is 9.61. The zero-order valence-electron chi connectivity index (χ0n) is 17.3. The molecule has 1 atom stereocenters. The Hall–Kier alpha value is -4.07. The van der Waals surface area contributed by atoms with Crippen molar-refractivity contribution in [2.24, 2.45) is 0 Å². The van der Waals surface area contributed by atoms with Gasteiger partial charge >= 0.3 is 17.8 Å². The molecule has 0 saturated carbocycles. The van der Waals surface area contributed by atoms with Crippen LogP contribution in [0, 0.1) is 18.6 Å². The molecule has 8 heteroatoms. The molecule has 0 aliphatic heterocycles. The Kier molecular flexibility index (Phi) is 6.94. The molecule has 2 N–H and O–H groups in total. The van der Waals surface area contributed by atoms with Crippen LogP contribution in [0.2, 0.25) is 0 Å². The molecule has 32 heavy (non-hydrogen) atoms. The summed E-state index contributed by atoms with van der Waals surface area (Å²) in [7, 11) is 1.03. The summed E-state index contributed by atoms with van der Waals surface area (Å²) >= 11 is 0. The molecule has 0 fully saturated rings. The van der Waals surface area contributed by atoms with Gasteiger partial charge in [0.15, 0.2) is 0 Å². The average molecular weight is 438 g/mol. The van der Waals surface area contributed by atoms with Crippen molar-refractivity contribution in [3.05, 3.63) is 101 Å². The molecule has 0 aromatic heterocycles. The van der Waals surface area contributed by atoms with Crippen molar-refractivity contribution in [2.45, 2.75) is 13.0 Å². The van der Waals surface area contributed by atoms with E-state index in [1.807, 2.05) is 37.3 Å². The second-order valence-corrected chi connectivity index (χ2v) is 6.99. The summed E-state index contributed by atoms with van der Waals surface area (Å²) in [6, 6.07) is 17.0. The van der Waals surface area contributed by atoms with E-state index < -0.39 is 46.7 Å². The number of carbonyl (C=O) groups excluding carboxylic acids is 3. The van der Waals surface area contributed by atoms with Crippen molar-refractivity contribution in [2.75, 3.05) is 12.4 Å². The molecular weight excluding hydrogens is 418 g/mol. The topological polar surface area (TPSA) is 84.5 Å². The number of nitrogens with one attached hydrogen (secondary N) is 2. The van der Waals surface area contributed by atoms with Crippen LogP contribution in [-0.2, 0) is 14.3 Å². The number of esters is 1. The number of anilines is 1. The van der Waals surface area contributed by atoms with E-state index in [9.17, 15) is 23.2 Å². The van der Waals surface area contributed by atoms with E-state index in [2.05, 4.69) is 15.4 Å². The molecule has 3 aromatic rings. The molecule has 1 unspecified atom stereocenters. The molecule has 3 rings (SSSR count). The lowest BCUT2D eigenvalue weighted by atomic mass is 9.98. The fraction of sp³-hybridized carbons (Fsp3) is 0.125. The maximum atomic E-state index is 14.1. The van der Waals surface area contributed by atoms with Crippen LogP contribution in [0.4, 0.5) is 14.5 Å². The van der Waals surface area contributed by atoms with Gasteiger partial charge in [0, 0.05) is 6.07 Å². The van der Waals surface area contributed by atoms with E-state index >= 15 is 0 Å². The summed E-state index contributed by atoms with van der Waals surface area (Å²) < 4.78 is 32.4. The largest absolute Gasteiger partial charge is 0.465 e. The van der Waals surface area contributed by atoms with Gasteiger partial charge in [0.1, 0.15) is 11.6 Å². The summed E-state index contributed by atoms with van der Waals surface area (Å²) in [6.45, 7) is 1.92. The average Bonchev–Trinajstić information content (AvgIpc) is 2.79. The van der Waals surface area contributed by atoms with Crippen LogP contribution in [0.15, 0.2) is 66.7 Å². The Morgan fingerprint density at radius 3 is 2.09 bits per heavy atom. The second kappa shape index (κ2) is 9.82. The van der Waals surface area contributed by atoms with Gasteiger partial charge in [-0.2, -0.15) is 0 Å². The fourth-order valence-corrected chi connectivity index (χ4v) is 3.05. The summed E-state index contributed by atoms with van der Waals surface area (Å²) in [5.41, 5.74) is 1.39. The van der Waals surface area contributed by atoms with Gasteiger partial charge < -0.3 is 15.4 Å². The van der Waals surface area contributed by atoms with Crippen LogP contribution in [0.25, 0.3) is 0 Å². The van der Waals surface area contributed by atoms with Crippen LogP contribution >= 0.6 is 0 Å². The lowest BCUT2D eigenvalue weighted by molar-refractivity contribution is -0.136. The Morgan fingerprint density at radius 1 is 0.844 bits per heavy atom. The quantitative estimate of drug-likeness (QED) is 0.467. The number of hydrogen-bond acceptors (Lipinski definition) is 4. The molecule has 6 nitrogen and oxygen atoms in total. The minimum Gasteiger partial charge on any atom is -0.465 e. The molecule has 3 aromatic carbocycles. The summed E-state index contributed by atoms with van der Waals surface area (Å²) in [6.07, 6.45) is 0. The van der Waals surface area contributed by atoms with E-state index in [1.165, 1.54) is 0 Å². The minimum absolute atomic E-state index is 0.429. The van der Waals surface area contributed by atoms with E-state index in [0.29, 0.717) is 6.07 Å². The molecule has 0 saturated heterocycles. The number of amides is 2.